The number of nitrogens with one attached hydrogen (secondary N) is 1. The van der Waals surface area contributed by atoms with Gasteiger partial charge in [0, 0.05) is 49.4 Å². The molecule has 5 heteroatoms. The molecular formula is C13H21N3OS. The topological polar surface area (TPSA) is 50.5 Å². The maximum atomic E-state index is 5.78. The van der Waals surface area contributed by atoms with Crippen LogP contribution in [0.15, 0.2) is 18.2 Å². The molecule has 1 aliphatic rings. The summed E-state index contributed by atoms with van der Waals surface area (Å²) >= 11 is 2.04. The Morgan fingerprint density at radius 1 is 1.39 bits per heavy atom. The van der Waals surface area contributed by atoms with Crippen LogP contribution < -0.4 is 15.8 Å². The maximum Gasteiger partial charge on any atom is 0.143 e. The van der Waals surface area contributed by atoms with E-state index in [1.54, 1.807) is 7.11 Å². The molecule has 0 aliphatic carbocycles. The van der Waals surface area contributed by atoms with Crippen LogP contribution in [-0.4, -0.2) is 49.7 Å². The van der Waals surface area contributed by atoms with Gasteiger partial charge in [0.25, 0.3) is 0 Å². The predicted octanol–water partition coefficient (Wildman–Crippen LogP) is 1.74. The number of anilines is 2. The highest BCUT2D eigenvalue weighted by atomic mass is 32.2. The number of nitrogens with zero attached hydrogens (tertiary/aromatic N) is 1. The fraction of sp³-hybridized carbons (Fsp3) is 0.538. The van der Waals surface area contributed by atoms with Gasteiger partial charge in [-0.3, -0.25) is 4.90 Å². The summed E-state index contributed by atoms with van der Waals surface area (Å²) in [5.41, 5.74) is 7.52. The standard InChI is InChI=1S/C13H21N3OS/c1-17-13-10-11(2-3-12(13)14)15-4-5-16-6-8-18-9-7-16/h2-3,10,15H,4-9,14H2,1H3. The number of ether oxygens (including phenoxy) is 1. The van der Waals surface area contributed by atoms with Gasteiger partial charge in [-0.1, -0.05) is 0 Å². The molecule has 4 nitrogen and oxygen atoms in total. The van der Waals surface area contributed by atoms with E-state index >= 15 is 0 Å². The highest BCUT2D eigenvalue weighted by molar-refractivity contribution is 7.99. The van der Waals surface area contributed by atoms with Gasteiger partial charge in [0.05, 0.1) is 12.8 Å². The molecule has 1 aromatic carbocycles. The Bertz CT molecular complexity index is 380. The molecule has 0 atom stereocenters. The van der Waals surface area contributed by atoms with E-state index < -0.39 is 0 Å². The van der Waals surface area contributed by atoms with Gasteiger partial charge in [-0.2, -0.15) is 11.8 Å². The van der Waals surface area contributed by atoms with Crippen LogP contribution in [0.25, 0.3) is 0 Å². The number of hydrogen-bond donors (Lipinski definition) is 2. The summed E-state index contributed by atoms with van der Waals surface area (Å²) in [7, 11) is 1.64. The quantitative estimate of drug-likeness (QED) is 0.796. The van der Waals surface area contributed by atoms with Crippen molar-refractivity contribution in [1.82, 2.24) is 4.90 Å². The zero-order valence-corrected chi connectivity index (χ0v) is 11.6. The molecule has 18 heavy (non-hydrogen) atoms. The third-order valence-electron chi connectivity index (χ3n) is 3.09. The summed E-state index contributed by atoms with van der Waals surface area (Å²) in [6, 6.07) is 5.81. The van der Waals surface area contributed by atoms with Gasteiger partial charge in [-0.05, 0) is 12.1 Å². The van der Waals surface area contributed by atoms with Crippen LogP contribution >= 0.6 is 11.8 Å². The molecule has 1 heterocycles. The van der Waals surface area contributed by atoms with Crippen LogP contribution in [0.4, 0.5) is 11.4 Å². The predicted molar refractivity (Wildman–Crippen MR) is 79.7 cm³/mol. The highest BCUT2D eigenvalue weighted by Gasteiger charge is 2.09. The Morgan fingerprint density at radius 3 is 2.89 bits per heavy atom. The normalized spacial score (nSPS) is 16.5. The largest absolute Gasteiger partial charge is 0.495 e. The molecule has 1 aromatic rings. The lowest BCUT2D eigenvalue weighted by Gasteiger charge is -2.26. The third-order valence-corrected chi connectivity index (χ3v) is 4.04. The van der Waals surface area contributed by atoms with Crippen LogP contribution in [-0.2, 0) is 0 Å². The van der Waals surface area contributed by atoms with Crippen LogP contribution in [0.1, 0.15) is 0 Å². The first kappa shape index (κ1) is 13.4. The Hall–Kier alpha value is -1.07. The minimum Gasteiger partial charge on any atom is -0.495 e. The van der Waals surface area contributed by atoms with E-state index in [0.717, 1.165) is 24.5 Å². The second kappa shape index (κ2) is 6.75. The van der Waals surface area contributed by atoms with Gasteiger partial charge in [-0.25, -0.2) is 0 Å². The molecule has 0 radical (unpaired) electrons. The van der Waals surface area contributed by atoms with Crippen molar-refractivity contribution in [1.29, 1.82) is 0 Å². The molecular weight excluding hydrogens is 246 g/mol. The lowest BCUT2D eigenvalue weighted by molar-refractivity contribution is 0.314. The SMILES string of the molecule is COc1cc(NCCN2CCSCC2)ccc1N. The van der Waals surface area contributed by atoms with Crippen molar-refractivity contribution in [2.45, 2.75) is 0 Å². The minimum atomic E-state index is 0.677. The van der Waals surface area contributed by atoms with Gasteiger partial charge in [0.2, 0.25) is 0 Å². The molecule has 1 saturated heterocycles. The number of benzene rings is 1. The zero-order chi connectivity index (χ0) is 12.8. The first-order valence-corrected chi connectivity index (χ1v) is 7.42. The fourth-order valence-corrected chi connectivity index (χ4v) is 2.98. The molecule has 1 aliphatic heterocycles. The van der Waals surface area contributed by atoms with E-state index in [1.807, 2.05) is 30.0 Å². The fourth-order valence-electron chi connectivity index (χ4n) is 2.00. The molecule has 0 spiro atoms. The lowest BCUT2D eigenvalue weighted by Crippen LogP contribution is -2.36. The van der Waals surface area contributed by atoms with Gasteiger partial charge in [0.15, 0.2) is 0 Å². The smallest absolute Gasteiger partial charge is 0.143 e. The van der Waals surface area contributed by atoms with Crippen LogP contribution in [0.5, 0.6) is 5.75 Å². The molecule has 0 amide bonds. The van der Waals surface area contributed by atoms with Gasteiger partial charge < -0.3 is 15.8 Å². The number of hydrogen-bond acceptors (Lipinski definition) is 5. The lowest BCUT2D eigenvalue weighted by atomic mass is 10.2. The summed E-state index contributed by atoms with van der Waals surface area (Å²) in [4.78, 5) is 2.50. The molecule has 0 bridgehead atoms. The van der Waals surface area contributed by atoms with Gasteiger partial charge >= 0.3 is 0 Å². The minimum absolute atomic E-state index is 0.677. The van der Waals surface area contributed by atoms with Crippen molar-refractivity contribution in [3.8, 4) is 5.75 Å². The third kappa shape index (κ3) is 3.71. The number of nitrogen functional groups attached to an aromatic ring is 1. The summed E-state index contributed by atoms with van der Waals surface area (Å²) in [5.74, 6) is 3.25. The monoisotopic (exact) mass is 267 g/mol. The van der Waals surface area contributed by atoms with Crippen molar-refractivity contribution in [2.24, 2.45) is 0 Å². The van der Waals surface area contributed by atoms with E-state index in [2.05, 4.69) is 10.2 Å². The first-order valence-electron chi connectivity index (χ1n) is 6.27. The summed E-state index contributed by atoms with van der Waals surface area (Å²) in [6.45, 7) is 4.46. The van der Waals surface area contributed by atoms with Crippen molar-refractivity contribution >= 4 is 23.1 Å². The Kier molecular flexibility index (Phi) is 5.01. The molecule has 0 aromatic heterocycles. The zero-order valence-electron chi connectivity index (χ0n) is 10.8. The van der Waals surface area contributed by atoms with Crippen molar-refractivity contribution < 1.29 is 4.74 Å². The van der Waals surface area contributed by atoms with Gasteiger partial charge in [-0.15, -0.1) is 0 Å². The maximum absolute atomic E-state index is 5.78. The van der Waals surface area contributed by atoms with Crippen LogP contribution in [0.3, 0.4) is 0 Å². The molecule has 1 fully saturated rings. The van der Waals surface area contributed by atoms with Crippen molar-refractivity contribution in [2.75, 3.05) is 55.8 Å². The number of methoxy groups -OCH3 is 1. The number of nitrogens with two attached hydrogens (primary N) is 1. The molecule has 2 rings (SSSR count). The molecule has 3 N–H and O–H groups in total. The second-order valence-electron chi connectivity index (χ2n) is 4.34. The number of rotatable bonds is 5. The van der Waals surface area contributed by atoms with E-state index in [-0.39, 0.29) is 0 Å². The number of thioether (sulfide) groups is 1. The Balaban J connectivity index is 1.79. The summed E-state index contributed by atoms with van der Waals surface area (Å²) < 4.78 is 5.20. The second-order valence-corrected chi connectivity index (χ2v) is 5.56. The van der Waals surface area contributed by atoms with E-state index in [9.17, 15) is 0 Å². The average Bonchev–Trinajstić information content (AvgIpc) is 2.42. The van der Waals surface area contributed by atoms with Crippen molar-refractivity contribution in [3.63, 3.8) is 0 Å². The van der Waals surface area contributed by atoms with Crippen molar-refractivity contribution in [3.05, 3.63) is 18.2 Å². The molecule has 100 valence electrons. The Morgan fingerprint density at radius 2 is 2.17 bits per heavy atom. The van der Waals surface area contributed by atoms with Crippen LogP contribution in [0.2, 0.25) is 0 Å². The highest BCUT2D eigenvalue weighted by Crippen LogP contribution is 2.24. The first-order chi connectivity index (χ1) is 8.79. The summed E-state index contributed by atoms with van der Waals surface area (Å²) in [6.07, 6.45) is 0. The van der Waals surface area contributed by atoms with E-state index in [0.29, 0.717) is 5.69 Å². The molecule has 0 saturated carbocycles. The van der Waals surface area contributed by atoms with Crippen LogP contribution in [0, 0.1) is 0 Å². The van der Waals surface area contributed by atoms with E-state index in [4.69, 9.17) is 10.5 Å². The molecule has 0 unspecified atom stereocenters. The average molecular weight is 267 g/mol. The Labute approximate surface area is 113 Å². The summed E-state index contributed by atoms with van der Waals surface area (Å²) in [5, 5.41) is 3.41. The van der Waals surface area contributed by atoms with Gasteiger partial charge in [0.1, 0.15) is 5.75 Å². The van der Waals surface area contributed by atoms with E-state index in [1.165, 1.54) is 24.6 Å².